The summed E-state index contributed by atoms with van der Waals surface area (Å²) in [5.41, 5.74) is -0.0154. The number of rotatable bonds is 6. The van der Waals surface area contributed by atoms with Gasteiger partial charge in [0.2, 0.25) is 10.0 Å². The maximum atomic E-state index is 12.2. The Hall–Kier alpha value is -0.960. The summed E-state index contributed by atoms with van der Waals surface area (Å²) in [6, 6.07) is 3.04. The van der Waals surface area contributed by atoms with Crippen LogP contribution in [0.2, 0.25) is 0 Å². The van der Waals surface area contributed by atoms with Crippen LogP contribution >= 0.6 is 15.9 Å². The first-order valence-electron chi connectivity index (χ1n) is 5.85. The van der Waals surface area contributed by atoms with Gasteiger partial charge in [0.15, 0.2) is 0 Å². The smallest absolute Gasteiger partial charge is 0.335 e. The topological polar surface area (TPSA) is 104 Å². The van der Waals surface area contributed by atoms with Gasteiger partial charge in [-0.25, -0.2) is 17.9 Å². The number of carbonyl (C=O) groups is 1. The largest absolute Gasteiger partial charge is 0.478 e. The Morgan fingerprint density at radius 3 is 2.40 bits per heavy atom. The van der Waals surface area contributed by atoms with Gasteiger partial charge in [0, 0.05) is 10.5 Å². The molecule has 112 valence electrons. The predicted octanol–water partition coefficient (Wildman–Crippen LogP) is 1.44. The number of sulfonamides is 1. The Morgan fingerprint density at radius 1 is 1.40 bits per heavy atom. The van der Waals surface area contributed by atoms with Crippen LogP contribution in [0.15, 0.2) is 27.6 Å². The number of aliphatic hydroxyl groups excluding tert-OH is 1. The first-order valence-corrected chi connectivity index (χ1v) is 8.12. The van der Waals surface area contributed by atoms with Crippen LogP contribution in [0.4, 0.5) is 0 Å². The molecule has 1 aromatic rings. The van der Waals surface area contributed by atoms with Crippen molar-refractivity contribution in [3.05, 3.63) is 28.2 Å². The minimum absolute atomic E-state index is 0.0154. The van der Waals surface area contributed by atoms with E-state index in [-0.39, 0.29) is 27.5 Å². The molecule has 0 bridgehead atoms. The minimum atomic E-state index is -3.84. The van der Waals surface area contributed by atoms with Crippen LogP contribution in [-0.4, -0.2) is 37.2 Å². The Labute approximate surface area is 126 Å². The van der Waals surface area contributed by atoms with E-state index in [2.05, 4.69) is 20.7 Å². The second-order valence-electron chi connectivity index (χ2n) is 4.60. The van der Waals surface area contributed by atoms with Crippen molar-refractivity contribution in [2.45, 2.75) is 24.8 Å². The van der Waals surface area contributed by atoms with Gasteiger partial charge in [-0.2, -0.15) is 0 Å². The number of hydrogen-bond acceptors (Lipinski definition) is 4. The predicted molar refractivity (Wildman–Crippen MR) is 77.1 cm³/mol. The lowest BCUT2D eigenvalue weighted by atomic mass is 10.1. The normalized spacial score (nSPS) is 13.4. The lowest BCUT2D eigenvalue weighted by molar-refractivity contribution is 0.0696. The van der Waals surface area contributed by atoms with Crippen molar-refractivity contribution in [3.63, 3.8) is 0 Å². The van der Waals surface area contributed by atoms with E-state index in [0.717, 1.165) is 0 Å². The summed E-state index contributed by atoms with van der Waals surface area (Å²) >= 11 is 3.06. The maximum Gasteiger partial charge on any atom is 0.335 e. The molecule has 3 N–H and O–H groups in total. The van der Waals surface area contributed by atoms with Crippen molar-refractivity contribution in [2.75, 3.05) is 6.61 Å². The number of hydrogen-bond donors (Lipinski definition) is 3. The first kappa shape index (κ1) is 17.1. The number of halogens is 1. The van der Waals surface area contributed by atoms with Crippen LogP contribution in [-0.2, 0) is 10.0 Å². The highest BCUT2D eigenvalue weighted by molar-refractivity contribution is 9.10. The van der Waals surface area contributed by atoms with E-state index in [1.807, 2.05) is 0 Å². The van der Waals surface area contributed by atoms with E-state index in [1.165, 1.54) is 18.2 Å². The van der Waals surface area contributed by atoms with Crippen LogP contribution in [0.3, 0.4) is 0 Å². The van der Waals surface area contributed by atoms with Crippen molar-refractivity contribution in [1.29, 1.82) is 0 Å². The Kier molecular flexibility index (Phi) is 5.69. The van der Waals surface area contributed by atoms with E-state index in [0.29, 0.717) is 0 Å². The summed E-state index contributed by atoms with van der Waals surface area (Å²) in [7, 11) is -3.84. The van der Waals surface area contributed by atoms with Gasteiger partial charge in [0.1, 0.15) is 0 Å². The standard InChI is InChI=1S/C12H16BrNO5S/c1-7(2)10(6-15)14-20(18,19)11-4-3-8(12(16)17)5-9(11)13/h3-5,7,10,14-15H,6H2,1-2H3,(H,16,17)/t10-/m1/s1. The van der Waals surface area contributed by atoms with Gasteiger partial charge in [0.05, 0.1) is 17.1 Å². The van der Waals surface area contributed by atoms with Crippen molar-refractivity contribution in [1.82, 2.24) is 4.72 Å². The molecule has 1 aromatic carbocycles. The fourth-order valence-corrected chi connectivity index (χ4v) is 3.95. The van der Waals surface area contributed by atoms with Crippen LogP contribution < -0.4 is 4.72 Å². The molecule has 8 heteroatoms. The van der Waals surface area contributed by atoms with Crippen LogP contribution in [0.25, 0.3) is 0 Å². The molecular weight excluding hydrogens is 350 g/mol. The number of nitrogens with one attached hydrogen (secondary N) is 1. The Morgan fingerprint density at radius 2 is 2.00 bits per heavy atom. The third-order valence-corrected chi connectivity index (χ3v) is 5.24. The van der Waals surface area contributed by atoms with E-state index < -0.39 is 22.0 Å². The molecule has 0 spiro atoms. The highest BCUT2D eigenvalue weighted by atomic mass is 79.9. The summed E-state index contributed by atoms with van der Waals surface area (Å²) in [6.07, 6.45) is 0. The molecule has 0 aliphatic rings. The van der Waals surface area contributed by atoms with E-state index in [4.69, 9.17) is 5.11 Å². The van der Waals surface area contributed by atoms with Gasteiger partial charge < -0.3 is 10.2 Å². The summed E-state index contributed by atoms with van der Waals surface area (Å²) < 4.78 is 27.0. The third-order valence-electron chi connectivity index (χ3n) is 2.78. The molecule has 0 aliphatic carbocycles. The molecule has 1 rings (SSSR count). The molecule has 6 nitrogen and oxygen atoms in total. The van der Waals surface area contributed by atoms with Crippen LogP contribution in [0.1, 0.15) is 24.2 Å². The molecule has 20 heavy (non-hydrogen) atoms. The lowest BCUT2D eigenvalue weighted by Crippen LogP contribution is -2.41. The monoisotopic (exact) mass is 365 g/mol. The lowest BCUT2D eigenvalue weighted by Gasteiger charge is -2.20. The molecule has 0 aromatic heterocycles. The quantitative estimate of drug-likeness (QED) is 0.707. The molecule has 0 saturated carbocycles. The van der Waals surface area contributed by atoms with Gasteiger partial charge in [-0.15, -0.1) is 0 Å². The number of carboxylic acid groups (broad SMARTS) is 1. The zero-order valence-electron chi connectivity index (χ0n) is 11.0. The number of aromatic carboxylic acids is 1. The summed E-state index contributed by atoms with van der Waals surface area (Å²) in [6.45, 7) is 3.25. The summed E-state index contributed by atoms with van der Waals surface area (Å²) in [5, 5.41) is 18.0. The second-order valence-corrected chi connectivity index (χ2v) is 7.14. The Bertz CT molecular complexity index is 600. The van der Waals surface area contributed by atoms with Crippen molar-refractivity contribution in [2.24, 2.45) is 5.92 Å². The summed E-state index contributed by atoms with van der Waals surface area (Å²) in [4.78, 5) is 10.7. The zero-order chi connectivity index (χ0) is 15.5. The molecule has 0 amide bonds. The van der Waals surface area contributed by atoms with Gasteiger partial charge in [-0.05, 0) is 40.0 Å². The molecule has 0 fully saturated rings. The van der Waals surface area contributed by atoms with Crippen LogP contribution in [0.5, 0.6) is 0 Å². The maximum absolute atomic E-state index is 12.2. The number of aliphatic hydroxyl groups is 1. The number of carboxylic acids is 1. The minimum Gasteiger partial charge on any atom is -0.478 e. The van der Waals surface area contributed by atoms with Gasteiger partial charge in [-0.3, -0.25) is 0 Å². The molecular formula is C12H16BrNO5S. The molecule has 1 atom stereocenters. The fraction of sp³-hybridized carbons (Fsp3) is 0.417. The fourth-order valence-electron chi connectivity index (χ4n) is 1.50. The number of benzene rings is 1. The second kappa shape index (κ2) is 6.66. The molecule has 0 saturated heterocycles. The summed E-state index contributed by atoms with van der Waals surface area (Å²) in [5.74, 6) is -1.22. The molecule has 0 unspecified atom stereocenters. The molecule has 0 heterocycles. The van der Waals surface area contributed by atoms with Gasteiger partial charge >= 0.3 is 5.97 Å². The van der Waals surface area contributed by atoms with Gasteiger partial charge in [0.25, 0.3) is 0 Å². The SMILES string of the molecule is CC(C)[C@@H](CO)NS(=O)(=O)c1ccc(C(=O)O)cc1Br. The van der Waals surface area contributed by atoms with E-state index in [9.17, 15) is 18.3 Å². The zero-order valence-corrected chi connectivity index (χ0v) is 13.4. The van der Waals surface area contributed by atoms with Crippen molar-refractivity contribution >= 4 is 31.9 Å². The van der Waals surface area contributed by atoms with Gasteiger partial charge in [-0.1, -0.05) is 13.8 Å². The Balaban J connectivity index is 3.13. The third kappa shape index (κ3) is 4.02. The van der Waals surface area contributed by atoms with Crippen LogP contribution in [0, 0.1) is 5.92 Å². The highest BCUT2D eigenvalue weighted by Crippen LogP contribution is 2.24. The van der Waals surface area contributed by atoms with Crippen molar-refractivity contribution in [3.8, 4) is 0 Å². The van der Waals surface area contributed by atoms with E-state index in [1.54, 1.807) is 13.8 Å². The molecule has 0 aliphatic heterocycles. The van der Waals surface area contributed by atoms with Crippen molar-refractivity contribution < 1.29 is 23.4 Å². The first-order chi connectivity index (χ1) is 9.19. The average Bonchev–Trinajstić information content (AvgIpc) is 2.35. The highest BCUT2D eigenvalue weighted by Gasteiger charge is 2.24. The average molecular weight is 366 g/mol. The molecule has 0 radical (unpaired) electrons. The van der Waals surface area contributed by atoms with E-state index >= 15 is 0 Å².